The molecule has 0 fully saturated rings. The summed E-state index contributed by atoms with van der Waals surface area (Å²) >= 11 is 0. The van der Waals surface area contributed by atoms with Crippen LogP contribution in [0.4, 0.5) is 36.4 Å². The van der Waals surface area contributed by atoms with Crippen LogP contribution in [0.25, 0.3) is 0 Å². The van der Waals surface area contributed by atoms with E-state index in [0.29, 0.717) is 17.4 Å². The van der Waals surface area contributed by atoms with Crippen molar-refractivity contribution < 1.29 is 26.7 Å². The Bertz CT molecular complexity index is 1270. The summed E-state index contributed by atoms with van der Waals surface area (Å²) in [7, 11) is -0.827. The van der Waals surface area contributed by atoms with Crippen LogP contribution >= 0.6 is 0 Å². The maximum atomic E-state index is 13.6. The fourth-order valence-corrected chi connectivity index (χ4v) is 3.37. The number of halogens is 3. The van der Waals surface area contributed by atoms with Crippen molar-refractivity contribution in [2.45, 2.75) is 18.9 Å². The standard InChI is InChI=1S/C20H23F3N8O3S/c1-24-18(32)12-4-6-13(7-5-12)29-19-28-10-14(20(21,22)23)16(30-19)27-11-15-17(26-9-8-25-15)31(2)35(3,33)34/h4-10,18,24,32H,11H2,1-3H3,(H2,27,28,29,30). The molecule has 35 heavy (non-hydrogen) atoms. The average molecular weight is 513 g/mol. The number of aromatic nitrogens is 4. The first kappa shape index (κ1) is 26.1. The Morgan fingerprint density at radius 2 is 1.77 bits per heavy atom. The number of alkyl halides is 3. The van der Waals surface area contributed by atoms with Crippen molar-refractivity contribution in [2.75, 3.05) is 35.3 Å². The average Bonchev–Trinajstić information content (AvgIpc) is 2.81. The van der Waals surface area contributed by atoms with E-state index in [9.17, 15) is 26.7 Å². The van der Waals surface area contributed by atoms with Crippen LogP contribution in [0, 0.1) is 0 Å². The Kier molecular flexibility index (Phi) is 7.72. The fraction of sp³-hybridized carbons (Fsp3) is 0.300. The van der Waals surface area contributed by atoms with Crippen molar-refractivity contribution in [1.82, 2.24) is 25.3 Å². The van der Waals surface area contributed by atoms with Crippen molar-refractivity contribution in [1.29, 1.82) is 0 Å². The first-order valence-corrected chi connectivity index (χ1v) is 11.9. The predicted molar refractivity (Wildman–Crippen MR) is 123 cm³/mol. The van der Waals surface area contributed by atoms with E-state index in [0.717, 1.165) is 10.6 Å². The minimum Gasteiger partial charge on any atom is -0.374 e. The van der Waals surface area contributed by atoms with E-state index in [1.54, 1.807) is 31.3 Å². The molecule has 15 heteroatoms. The lowest BCUT2D eigenvalue weighted by Crippen LogP contribution is -2.27. The predicted octanol–water partition coefficient (Wildman–Crippen LogP) is 2.25. The molecule has 1 aromatic carbocycles. The van der Waals surface area contributed by atoms with Gasteiger partial charge in [-0.3, -0.25) is 14.6 Å². The van der Waals surface area contributed by atoms with Gasteiger partial charge >= 0.3 is 6.18 Å². The molecule has 0 radical (unpaired) electrons. The number of hydrogen-bond acceptors (Lipinski definition) is 10. The van der Waals surface area contributed by atoms with Gasteiger partial charge in [-0.2, -0.15) is 18.2 Å². The second-order valence-corrected chi connectivity index (χ2v) is 9.32. The molecule has 2 aromatic heterocycles. The van der Waals surface area contributed by atoms with Gasteiger partial charge in [0.05, 0.1) is 12.8 Å². The van der Waals surface area contributed by atoms with Crippen molar-refractivity contribution in [3.05, 3.63) is 59.7 Å². The Balaban J connectivity index is 1.87. The fourth-order valence-electron chi connectivity index (χ4n) is 2.90. The summed E-state index contributed by atoms with van der Waals surface area (Å²) in [5.74, 6) is -0.682. The first-order valence-electron chi connectivity index (χ1n) is 10.0. The van der Waals surface area contributed by atoms with E-state index in [4.69, 9.17) is 0 Å². The lowest BCUT2D eigenvalue weighted by molar-refractivity contribution is -0.137. The van der Waals surface area contributed by atoms with Gasteiger partial charge in [0, 0.05) is 31.3 Å². The molecule has 4 N–H and O–H groups in total. The number of aliphatic hydroxyl groups is 1. The molecule has 0 spiro atoms. The Morgan fingerprint density at radius 1 is 1.11 bits per heavy atom. The number of aliphatic hydroxyl groups excluding tert-OH is 1. The Hall–Kier alpha value is -3.56. The van der Waals surface area contributed by atoms with Crippen LogP contribution in [0.5, 0.6) is 0 Å². The van der Waals surface area contributed by atoms with Crippen molar-refractivity contribution >= 4 is 33.3 Å². The van der Waals surface area contributed by atoms with E-state index in [-0.39, 0.29) is 24.0 Å². The molecule has 188 valence electrons. The molecule has 0 amide bonds. The summed E-state index contributed by atoms with van der Waals surface area (Å²) in [6.07, 6.45) is -1.44. The van der Waals surface area contributed by atoms with E-state index < -0.39 is 33.8 Å². The third kappa shape index (κ3) is 6.52. The molecule has 0 saturated carbocycles. The number of anilines is 4. The molecule has 0 aliphatic rings. The zero-order valence-electron chi connectivity index (χ0n) is 18.9. The SMILES string of the molecule is CNC(O)c1ccc(Nc2ncc(C(F)(F)F)c(NCc3nccnc3N(C)S(C)(=O)=O)n2)cc1. The van der Waals surface area contributed by atoms with Crippen LogP contribution < -0.4 is 20.3 Å². The minimum atomic E-state index is -4.75. The lowest BCUT2D eigenvalue weighted by atomic mass is 10.2. The molecular formula is C20H23F3N8O3S. The number of nitrogens with zero attached hydrogens (tertiary/aromatic N) is 5. The maximum absolute atomic E-state index is 13.6. The monoisotopic (exact) mass is 512 g/mol. The molecule has 1 unspecified atom stereocenters. The van der Waals surface area contributed by atoms with Crippen LogP contribution in [-0.2, 0) is 22.7 Å². The van der Waals surface area contributed by atoms with Crippen molar-refractivity contribution in [3.63, 3.8) is 0 Å². The van der Waals surface area contributed by atoms with Gasteiger partial charge in [-0.25, -0.2) is 18.4 Å². The van der Waals surface area contributed by atoms with Crippen LogP contribution in [0.2, 0.25) is 0 Å². The molecule has 0 saturated heterocycles. The second kappa shape index (κ2) is 10.4. The van der Waals surface area contributed by atoms with Gasteiger partial charge in [-0.05, 0) is 24.7 Å². The van der Waals surface area contributed by atoms with Crippen LogP contribution in [-0.4, -0.2) is 53.8 Å². The third-order valence-corrected chi connectivity index (χ3v) is 5.99. The third-order valence-electron chi connectivity index (χ3n) is 4.82. The van der Waals surface area contributed by atoms with Crippen molar-refractivity contribution in [3.8, 4) is 0 Å². The molecule has 3 aromatic rings. The number of nitrogens with one attached hydrogen (secondary N) is 3. The number of rotatable bonds is 9. The zero-order valence-corrected chi connectivity index (χ0v) is 19.7. The lowest BCUT2D eigenvalue weighted by Gasteiger charge is -2.19. The van der Waals surface area contributed by atoms with E-state index in [2.05, 4.69) is 35.9 Å². The van der Waals surface area contributed by atoms with Gasteiger partial charge in [0.1, 0.15) is 23.3 Å². The first-order chi connectivity index (χ1) is 16.4. The zero-order chi connectivity index (χ0) is 25.8. The Labute approximate surface area is 199 Å². The van der Waals surface area contributed by atoms with Gasteiger partial charge in [-0.1, -0.05) is 12.1 Å². The summed E-state index contributed by atoms with van der Waals surface area (Å²) < 4.78 is 65.3. The second-order valence-electron chi connectivity index (χ2n) is 7.30. The molecule has 0 aliphatic heterocycles. The molecule has 2 heterocycles. The van der Waals surface area contributed by atoms with Crippen LogP contribution in [0.3, 0.4) is 0 Å². The molecule has 1 atom stereocenters. The molecule has 0 bridgehead atoms. The molecular weight excluding hydrogens is 489 g/mol. The van der Waals surface area contributed by atoms with Gasteiger partial charge in [0.15, 0.2) is 5.82 Å². The molecule has 0 aliphatic carbocycles. The highest BCUT2D eigenvalue weighted by atomic mass is 32.2. The summed E-state index contributed by atoms with van der Waals surface area (Å²) in [4.78, 5) is 15.7. The number of hydrogen-bond donors (Lipinski definition) is 4. The number of benzene rings is 1. The highest BCUT2D eigenvalue weighted by molar-refractivity contribution is 7.92. The van der Waals surface area contributed by atoms with Gasteiger partial charge in [0.2, 0.25) is 16.0 Å². The topological polar surface area (TPSA) is 145 Å². The van der Waals surface area contributed by atoms with Crippen LogP contribution in [0.1, 0.15) is 23.0 Å². The van der Waals surface area contributed by atoms with E-state index in [1.807, 2.05) is 0 Å². The summed E-state index contributed by atoms with van der Waals surface area (Å²) in [5.41, 5.74) is 0.0548. The Morgan fingerprint density at radius 3 is 2.37 bits per heavy atom. The van der Waals surface area contributed by atoms with E-state index >= 15 is 0 Å². The normalized spacial score (nSPS) is 12.8. The smallest absolute Gasteiger partial charge is 0.374 e. The van der Waals surface area contributed by atoms with Crippen molar-refractivity contribution in [2.24, 2.45) is 0 Å². The van der Waals surface area contributed by atoms with Gasteiger partial charge in [-0.15, -0.1) is 0 Å². The van der Waals surface area contributed by atoms with Gasteiger partial charge in [0.25, 0.3) is 0 Å². The molecule has 11 nitrogen and oxygen atoms in total. The maximum Gasteiger partial charge on any atom is 0.421 e. The largest absolute Gasteiger partial charge is 0.421 e. The molecule has 3 rings (SSSR count). The highest BCUT2D eigenvalue weighted by Gasteiger charge is 2.35. The van der Waals surface area contributed by atoms with E-state index in [1.165, 1.54) is 19.4 Å². The number of sulfonamides is 1. The minimum absolute atomic E-state index is 0.0349. The summed E-state index contributed by atoms with van der Waals surface area (Å²) in [6, 6.07) is 6.47. The summed E-state index contributed by atoms with van der Waals surface area (Å²) in [5, 5.41) is 17.8. The summed E-state index contributed by atoms with van der Waals surface area (Å²) in [6.45, 7) is -0.292. The highest BCUT2D eigenvalue weighted by Crippen LogP contribution is 2.34. The van der Waals surface area contributed by atoms with Crippen LogP contribution in [0.15, 0.2) is 42.9 Å². The quantitative estimate of drug-likeness (QED) is 0.315. The van der Waals surface area contributed by atoms with Gasteiger partial charge < -0.3 is 15.7 Å².